The third kappa shape index (κ3) is 1.28. The summed E-state index contributed by atoms with van der Waals surface area (Å²) >= 11 is 1.34. The highest BCUT2D eigenvalue weighted by Crippen LogP contribution is 2.14. The molecule has 0 unspecified atom stereocenters. The second-order valence-electron chi connectivity index (χ2n) is 3.03. The van der Waals surface area contributed by atoms with Gasteiger partial charge in [-0.05, 0) is 11.4 Å². The molecule has 6 heteroatoms. The second kappa shape index (κ2) is 3.37. The summed E-state index contributed by atoms with van der Waals surface area (Å²) in [5.74, 6) is 0. The number of rotatable bonds is 1. The van der Waals surface area contributed by atoms with E-state index in [0.717, 1.165) is 4.57 Å². The first-order chi connectivity index (χ1) is 7.16. The Balaban J connectivity index is 3.01. The van der Waals surface area contributed by atoms with Crippen molar-refractivity contribution < 1.29 is 0 Å². The number of aromatic nitrogens is 2. The average molecular weight is 221 g/mol. The molecule has 0 bridgehead atoms. The summed E-state index contributed by atoms with van der Waals surface area (Å²) in [7, 11) is 1.59. The van der Waals surface area contributed by atoms with Crippen molar-refractivity contribution in [1.29, 1.82) is 5.26 Å². The largest absolute Gasteiger partial charge is 0.332 e. The highest BCUT2D eigenvalue weighted by atomic mass is 32.1. The fourth-order valence-corrected chi connectivity index (χ4v) is 2.29. The number of nitrogens with zero attached hydrogens (tertiary/aromatic N) is 3. The molecule has 0 atom stereocenters. The molecule has 15 heavy (non-hydrogen) atoms. The molecule has 5 nitrogen and oxygen atoms in total. The van der Waals surface area contributed by atoms with Crippen LogP contribution in [0.5, 0.6) is 0 Å². The summed E-state index contributed by atoms with van der Waals surface area (Å²) in [5.41, 5.74) is -0.840. The Hall–Kier alpha value is -1.87. The van der Waals surface area contributed by atoms with Gasteiger partial charge in [0, 0.05) is 7.05 Å². The molecular formula is C9H7N3O2S. The minimum atomic E-state index is -0.448. The lowest BCUT2D eigenvalue weighted by Crippen LogP contribution is -2.38. The van der Waals surface area contributed by atoms with E-state index in [1.165, 1.54) is 15.9 Å². The maximum Gasteiger partial charge on any atom is 0.332 e. The number of fused-ring (bicyclic) bond motifs is 1. The maximum absolute atomic E-state index is 11.8. The smallest absolute Gasteiger partial charge is 0.287 e. The maximum atomic E-state index is 11.8. The van der Waals surface area contributed by atoms with E-state index in [2.05, 4.69) is 0 Å². The standard InChI is InChI=1S/C9H7N3O2S/c1-11-8-6(2-5-15-8)7(13)12(4-3-10)9(11)14/h2,5H,4H2,1H3. The zero-order valence-electron chi connectivity index (χ0n) is 7.93. The molecule has 0 amide bonds. The van der Waals surface area contributed by atoms with Crippen LogP contribution >= 0.6 is 11.3 Å². The first-order valence-electron chi connectivity index (χ1n) is 4.21. The summed E-state index contributed by atoms with van der Waals surface area (Å²) in [6.07, 6.45) is 0. The van der Waals surface area contributed by atoms with Crippen LogP contribution in [0.15, 0.2) is 21.0 Å². The summed E-state index contributed by atoms with van der Waals surface area (Å²) in [6, 6.07) is 3.47. The molecular weight excluding hydrogens is 214 g/mol. The van der Waals surface area contributed by atoms with Crippen LogP contribution < -0.4 is 11.2 Å². The van der Waals surface area contributed by atoms with E-state index in [1.54, 1.807) is 24.6 Å². The van der Waals surface area contributed by atoms with Gasteiger partial charge in [0.1, 0.15) is 11.4 Å². The van der Waals surface area contributed by atoms with Crippen molar-refractivity contribution >= 4 is 21.6 Å². The van der Waals surface area contributed by atoms with Crippen molar-refractivity contribution in [3.63, 3.8) is 0 Å². The fourth-order valence-electron chi connectivity index (χ4n) is 1.43. The third-order valence-corrected chi connectivity index (χ3v) is 3.16. The number of hydrogen-bond donors (Lipinski definition) is 0. The first kappa shape index (κ1) is 9.68. The molecule has 76 valence electrons. The Morgan fingerprint density at radius 2 is 2.27 bits per heavy atom. The Kier molecular flexibility index (Phi) is 2.17. The molecule has 0 saturated carbocycles. The van der Waals surface area contributed by atoms with Gasteiger partial charge in [0.2, 0.25) is 0 Å². The normalized spacial score (nSPS) is 10.4. The monoisotopic (exact) mass is 221 g/mol. The number of hydrogen-bond acceptors (Lipinski definition) is 4. The van der Waals surface area contributed by atoms with E-state index in [0.29, 0.717) is 10.2 Å². The minimum Gasteiger partial charge on any atom is -0.287 e. The quantitative estimate of drug-likeness (QED) is 0.694. The van der Waals surface area contributed by atoms with Gasteiger partial charge in [-0.25, -0.2) is 9.36 Å². The lowest BCUT2D eigenvalue weighted by Gasteiger charge is -2.03. The molecule has 0 aliphatic carbocycles. The Labute approximate surface area is 88.4 Å². The van der Waals surface area contributed by atoms with Gasteiger partial charge in [-0.15, -0.1) is 11.3 Å². The predicted molar refractivity (Wildman–Crippen MR) is 56.9 cm³/mol. The fraction of sp³-hybridized carbons (Fsp3) is 0.222. The average Bonchev–Trinajstić information content (AvgIpc) is 2.70. The molecule has 0 N–H and O–H groups in total. The topological polar surface area (TPSA) is 67.8 Å². The van der Waals surface area contributed by atoms with Crippen LogP contribution in [0.4, 0.5) is 0 Å². The summed E-state index contributed by atoms with van der Waals surface area (Å²) in [6.45, 7) is -0.211. The zero-order valence-corrected chi connectivity index (χ0v) is 8.74. The van der Waals surface area contributed by atoms with Gasteiger partial charge < -0.3 is 0 Å². The van der Waals surface area contributed by atoms with Crippen LogP contribution in [0.3, 0.4) is 0 Å². The van der Waals surface area contributed by atoms with Crippen LogP contribution in [0.2, 0.25) is 0 Å². The zero-order chi connectivity index (χ0) is 11.0. The second-order valence-corrected chi connectivity index (χ2v) is 3.92. The van der Waals surface area contributed by atoms with Gasteiger partial charge in [0.15, 0.2) is 0 Å². The van der Waals surface area contributed by atoms with E-state index in [1.807, 2.05) is 0 Å². The van der Waals surface area contributed by atoms with Crippen LogP contribution in [0, 0.1) is 11.3 Å². The molecule has 2 aromatic heterocycles. The van der Waals surface area contributed by atoms with Crippen LogP contribution in [0.25, 0.3) is 10.2 Å². The minimum absolute atomic E-state index is 0.211. The Morgan fingerprint density at radius 3 is 2.93 bits per heavy atom. The highest BCUT2D eigenvalue weighted by molar-refractivity contribution is 7.16. The number of thiophene rings is 1. The number of nitriles is 1. The lowest BCUT2D eigenvalue weighted by atomic mass is 10.4. The van der Waals surface area contributed by atoms with Crippen molar-refractivity contribution in [2.24, 2.45) is 7.05 Å². The van der Waals surface area contributed by atoms with Gasteiger partial charge in [-0.2, -0.15) is 5.26 Å². The summed E-state index contributed by atoms with van der Waals surface area (Å²) in [5, 5.41) is 10.8. The Morgan fingerprint density at radius 1 is 1.53 bits per heavy atom. The van der Waals surface area contributed by atoms with Gasteiger partial charge in [-0.3, -0.25) is 9.36 Å². The van der Waals surface area contributed by atoms with E-state index >= 15 is 0 Å². The molecule has 0 radical (unpaired) electrons. The lowest BCUT2D eigenvalue weighted by molar-refractivity contribution is 0.679. The van der Waals surface area contributed by atoms with Crippen LogP contribution in [0.1, 0.15) is 0 Å². The molecule has 0 fully saturated rings. The Bertz CT molecular complexity index is 671. The highest BCUT2D eigenvalue weighted by Gasteiger charge is 2.10. The van der Waals surface area contributed by atoms with Crippen LogP contribution in [-0.2, 0) is 13.6 Å². The number of aryl methyl sites for hydroxylation is 1. The van der Waals surface area contributed by atoms with Gasteiger partial charge in [-0.1, -0.05) is 0 Å². The van der Waals surface area contributed by atoms with Crippen molar-refractivity contribution in [1.82, 2.24) is 9.13 Å². The molecule has 0 aromatic carbocycles. The van der Waals surface area contributed by atoms with E-state index in [9.17, 15) is 9.59 Å². The molecule has 0 spiro atoms. The van der Waals surface area contributed by atoms with E-state index < -0.39 is 11.2 Å². The van der Waals surface area contributed by atoms with Crippen molar-refractivity contribution in [3.05, 3.63) is 32.3 Å². The molecule has 2 heterocycles. The van der Waals surface area contributed by atoms with E-state index in [-0.39, 0.29) is 6.54 Å². The van der Waals surface area contributed by atoms with Crippen molar-refractivity contribution in [3.8, 4) is 6.07 Å². The van der Waals surface area contributed by atoms with Gasteiger partial charge in [0.25, 0.3) is 5.56 Å². The molecule has 0 aliphatic rings. The summed E-state index contributed by atoms with van der Waals surface area (Å²) in [4.78, 5) is 24.1. The molecule has 0 aliphatic heterocycles. The van der Waals surface area contributed by atoms with Crippen molar-refractivity contribution in [2.45, 2.75) is 6.54 Å². The molecule has 2 rings (SSSR count). The van der Waals surface area contributed by atoms with Gasteiger partial charge in [0.05, 0.1) is 11.5 Å². The van der Waals surface area contributed by atoms with Crippen molar-refractivity contribution in [2.75, 3.05) is 0 Å². The first-order valence-corrected chi connectivity index (χ1v) is 5.08. The molecule has 2 aromatic rings. The predicted octanol–water partition coefficient (Wildman–Crippen LogP) is 0.285. The van der Waals surface area contributed by atoms with Crippen LogP contribution in [-0.4, -0.2) is 9.13 Å². The third-order valence-electron chi connectivity index (χ3n) is 2.17. The molecule has 0 saturated heterocycles. The summed E-state index contributed by atoms with van der Waals surface area (Å²) < 4.78 is 2.33. The van der Waals surface area contributed by atoms with Gasteiger partial charge >= 0.3 is 5.69 Å². The SMILES string of the molecule is Cn1c(=O)n(CC#N)c(=O)c2ccsc21. The van der Waals surface area contributed by atoms with E-state index in [4.69, 9.17) is 5.26 Å².